The summed E-state index contributed by atoms with van der Waals surface area (Å²) in [4.78, 5) is 4.21. The van der Waals surface area contributed by atoms with Crippen LogP contribution in [0, 0.1) is 0 Å². The quantitative estimate of drug-likeness (QED) is 0.658. The molecule has 0 radical (unpaired) electrons. The largest absolute Gasteiger partial charge is 0.417 e. The molecule has 2 aromatic rings. The number of rotatable bonds is 5. The van der Waals surface area contributed by atoms with Crippen molar-refractivity contribution in [3.63, 3.8) is 0 Å². The van der Waals surface area contributed by atoms with Gasteiger partial charge < -0.3 is 10.4 Å². The van der Waals surface area contributed by atoms with Crippen molar-refractivity contribution in [2.24, 2.45) is 0 Å². The van der Waals surface area contributed by atoms with Crippen LogP contribution in [0.15, 0.2) is 36.4 Å². The van der Waals surface area contributed by atoms with E-state index in [1.54, 1.807) is 6.07 Å². The minimum atomic E-state index is -4.96. The summed E-state index contributed by atoms with van der Waals surface area (Å²) in [5.41, 5.74) is -3.20. The number of halogens is 6. The minimum Gasteiger partial charge on any atom is -0.394 e. The Kier molecular flexibility index (Phi) is 5.91. The fourth-order valence-corrected chi connectivity index (χ4v) is 3.63. The van der Waals surface area contributed by atoms with Crippen molar-refractivity contribution in [1.29, 1.82) is 0 Å². The summed E-state index contributed by atoms with van der Waals surface area (Å²) in [6.07, 6.45) is -6.31. The van der Waals surface area contributed by atoms with Crippen molar-refractivity contribution < 1.29 is 31.4 Å². The van der Waals surface area contributed by atoms with E-state index in [2.05, 4.69) is 10.3 Å². The molecule has 0 saturated heterocycles. The van der Waals surface area contributed by atoms with Gasteiger partial charge in [-0.25, -0.2) is 0 Å². The summed E-state index contributed by atoms with van der Waals surface area (Å²) in [7, 11) is 0. The van der Waals surface area contributed by atoms with Crippen LogP contribution in [0.5, 0.6) is 0 Å². The molecule has 0 spiro atoms. The number of nitrogens with one attached hydrogen (secondary N) is 1. The number of nitrogens with zero attached hydrogens (tertiary/aromatic N) is 1. The van der Waals surface area contributed by atoms with E-state index in [1.165, 1.54) is 12.1 Å². The topological polar surface area (TPSA) is 45.1 Å². The lowest BCUT2D eigenvalue weighted by Gasteiger charge is -2.28. The molecule has 3 rings (SSSR count). The average Bonchev–Trinajstić information content (AvgIpc) is 3.14. The van der Waals surface area contributed by atoms with Crippen molar-refractivity contribution in [1.82, 2.24) is 10.3 Å². The van der Waals surface area contributed by atoms with Gasteiger partial charge in [0, 0.05) is 17.6 Å². The van der Waals surface area contributed by atoms with Crippen LogP contribution in [-0.2, 0) is 18.9 Å². The molecule has 0 aliphatic heterocycles. The molecule has 0 amide bonds. The molecular weight excluding hydrogens is 398 g/mol. The van der Waals surface area contributed by atoms with E-state index in [9.17, 15) is 31.4 Å². The van der Waals surface area contributed by atoms with Crippen molar-refractivity contribution in [3.05, 3.63) is 53.2 Å². The second-order valence-corrected chi connectivity index (χ2v) is 7.27. The lowest BCUT2D eigenvalue weighted by Crippen LogP contribution is -2.45. The molecule has 29 heavy (non-hydrogen) atoms. The highest BCUT2D eigenvalue weighted by molar-refractivity contribution is 5.65. The third-order valence-corrected chi connectivity index (χ3v) is 5.24. The van der Waals surface area contributed by atoms with Gasteiger partial charge in [0.25, 0.3) is 0 Å². The van der Waals surface area contributed by atoms with Gasteiger partial charge in [0.15, 0.2) is 0 Å². The van der Waals surface area contributed by atoms with E-state index in [4.69, 9.17) is 0 Å². The zero-order valence-corrected chi connectivity index (χ0v) is 15.4. The molecule has 3 nitrogen and oxygen atoms in total. The van der Waals surface area contributed by atoms with E-state index in [-0.39, 0.29) is 24.9 Å². The number of aromatic nitrogens is 1. The maximum absolute atomic E-state index is 13.4. The average molecular weight is 418 g/mol. The number of hydrogen-bond donors (Lipinski definition) is 2. The Balaban J connectivity index is 1.92. The molecule has 158 valence electrons. The normalized spacial score (nSPS) is 16.9. The van der Waals surface area contributed by atoms with Gasteiger partial charge in [0.2, 0.25) is 0 Å². The molecule has 1 aromatic carbocycles. The highest BCUT2D eigenvalue weighted by Gasteiger charge is 2.38. The van der Waals surface area contributed by atoms with Crippen LogP contribution in [0.4, 0.5) is 26.3 Å². The summed E-state index contributed by atoms with van der Waals surface area (Å²) < 4.78 is 78.8. The summed E-state index contributed by atoms with van der Waals surface area (Å²) in [5.74, 6) is 0. The van der Waals surface area contributed by atoms with Gasteiger partial charge in [0.1, 0.15) is 0 Å². The second kappa shape index (κ2) is 7.95. The first kappa shape index (κ1) is 21.6. The van der Waals surface area contributed by atoms with Crippen LogP contribution in [0.1, 0.15) is 42.5 Å². The molecule has 0 unspecified atom stereocenters. The molecule has 1 aliphatic rings. The Morgan fingerprint density at radius 2 is 1.66 bits per heavy atom. The van der Waals surface area contributed by atoms with E-state index in [0.717, 1.165) is 31.7 Å². The first-order valence-electron chi connectivity index (χ1n) is 9.15. The SMILES string of the molecule is OCC1(NCc2cccc(-c3ccc(C(F)(F)F)cc3C(F)(F)F)n2)CCCC1. The minimum absolute atomic E-state index is 0.0518. The summed E-state index contributed by atoms with van der Waals surface area (Å²) in [5, 5.41) is 12.9. The van der Waals surface area contributed by atoms with Crippen molar-refractivity contribution in [2.45, 2.75) is 50.1 Å². The Bertz CT molecular complexity index is 857. The summed E-state index contributed by atoms with van der Waals surface area (Å²) >= 11 is 0. The molecule has 9 heteroatoms. The monoisotopic (exact) mass is 418 g/mol. The first-order chi connectivity index (χ1) is 13.5. The van der Waals surface area contributed by atoms with Crippen molar-refractivity contribution >= 4 is 0 Å². The Morgan fingerprint density at radius 3 is 2.24 bits per heavy atom. The fourth-order valence-electron chi connectivity index (χ4n) is 3.63. The lowest BCUT2D eigenvalue weighted by atomic mass is 9.98. The fraction of sp³-hybridized carbons (Fsp3) is 0.450. The predicted octanol–water partition coefficient (Wildman–Crippen LogP) is 5.18. The smallest absolute Gasteiger partial charge is 0.394 e. The Hall–Kier alpha value is -2.13. The molecule has 1 fully saturated rings. The molecule has 1 saturated carbocycles. The van der Waals surface area contributed by atoms with E-state index in [1.807, 2.05) is 0 Å². The standard InChI is InChI=1S/C20H20F6N2O/c21-19(22,23)13-6-7-15(16(10-13)20(24,25)26)17-5-3-4-14(28-17)11-27-18(12-29)8-1-2-9-18/h3-7,10,27,29H,1-2,8-9,11-12H2. The van der Waals surface area contributed by atoms with Gasteiger partial charge in [-0.3, -0.25) is 4.98 Å². The summed E-state index contributed by atoms with van der Waals surface area (Å²) in [6, 6.07) is 6.00. The number of pyridine rings is 1. The number of hydrogen-bond acceptors (Lipinski definition) is 3. The number of alkyl halides is 6. The highest BCUT2D eigenvalue weighted by Crippen LogP contribution is 2.40. The van der Waals surface area contributed by atoms with E-state index < -0.39 is 34.6 Å². The summed E-state index contributed by atoms with van der Waals surface area (Å²) in [6.45, 7) is 0.181. The van der Waals surface area contributed by atoms with Gasteiger partial charge in [-0.05, 0) is 37.1 Å². The maximum Gasteiger partial charge on any atom is 0.417 e. The number of aliphatic hydroxyl groups excluding tert-OH is 1. The first-order valence-corrected chi connectivity index (χ1v) is 9.15. The van der Waals surface area contributed by atoms with E-state index in [0.29, 0.717) is 11.8 Å². The Morgan fingerprint density at radius 1 is 0.966 bits per heavy atom. The van der Waals surface area contributed by atoms with Gasteiger partial charge in [-0.2, -0.15) is 26.3 Å². The van der Waals surface area contributed by atoms with Crippen molar-refractivity contribution in [3.8, 4) is 11.3 Å². The highest BCUT2D eigenvalue weighted by atomic mass is 19.4. The molecule has 0 bridgehead atoms. The third kappa shape index (κ3) is 4.90. The maximum atomic E-state index is 13.4. The van der Waals surface area contributed by atoms with Crippen LogP contribution in [-0.4, -0.2) is 22.2 Å². The predicted molar refractivity (Wildman–Crippen MR) is 94.8 cm³/mol. The Labute approximate surface area is 163 Å². The van der Waals surface area contributed by atoms with Crippen LogP contribution < -0.4 is 5.32 Å². The van der Waals surface area contributed by atoms with Crippen LogP contribution in [0.2, 0.25) is 0 Å². The van der Waals surface area contributed by atoms with E-state index >= 15 is 0 Å². The molecule has 2 N–H and O–H groups in total. The molecule has 1 heterocycles. The third-order valence-electron chi connectivity index (χ3n) is 5.24. The van der Waals surface area contributed by atoms with Gasteiger partial charge in [-0.15, -0.1) is 0 Å². The number of benzene rings is 1. The molecule has 1 aliphatic carbocycles. The van der Waals surface area contributed by atoms with Gasteiger partial charge in [0.05, 0.1) is 29.1 Å². The van der Waals surface area contributed by atoms with Crippen LogP contribution in [0.25, 0.3) is 11.3 Å². The number of aliphatic hydroxyl groups is 1. The van der Waals surface area contributed by atoms with Gasteiger partial charge >= 0.3 is 12.4 Å². The molecular formula is C20H20F6N2O. The molecule has 1 aromatic heterocycles. The van der Waals surface area contributed by atoms with Gasteiger partial charge in [-0.1, -0.05) is 25.0 Å². The van der Waals surface area contributed by atoms with Crippen molar-refractivity contribution in [2.75, 3.05) is 6.61 Å². The second-order valence-electron chi connectivity index (χ2n) is 7.27. The lowest BCUT2D eigenvalue weighted by molar-refractivity contribution is -0.142. The molecule has 0 atom stereocenters. The van der Waals surface area contributed by atoms with Crippen LogP contribution in [0.3, 0.4) is 0 Å². The zero-order chi connectivity index (χ0) is 21.3. The van der Waals surface area contributed by atoms with Crippen LogP contribution >= 0.6 is 0 Å². The zero-order valence-electron chi connectivity index (χ0n) is 15.4.